The zero-order chi connectivity index (χ0) is 18.2. The zero-order valence-corrected chi connectivity index (χ0v) is 15.0. The predicted molar refractivity (Wildman–Crippen MR) is 92.7 cm³/mol. The molecule has 2 N–H and O–H groups in total. The van der Waals surface area contributed by atoms with Crippen LogP contribution in [0.5, 0.6) is 5.88 Å². The zero-order valence-electron chi connectivity index (χ0n) is 14.2. The van der Waals surface area contributed by atoms with Crippen molar-refractivity contribution < 1.29 is 24.5 Å². The van der Waals surface area contributed by atoms with Gasteiger partial charge in [0.1, 0.15) is 5.69 Å². The highest BCUT2D eigenvalue weighted by molar-refractivity contribution is 6.99. The van der Waals surface area contributed by atoms with E-state index in [9.17, 15) is 0 Å². The Kier molecular flexibility index (Phi) is 7.32. The van der Waals surface area contributed by atoms with Crippen LogP contribution in [-0.2, 0) is 9.59 Å². The van der Waals surface area contributed by atoms with Gasteiger partial charge in [0.25, 0.3) is 5.88 Å². The van der Waals surface area contributed by atoms with Gasteiger partial charge in [-0.25, -0.2) is 9.59 Å². The summed E-state index contributed by atoms with van der Waals surface area (Å²) in [5.74, 6) is -2.21. The highest BCUT2D eigenvalue weighted by Crippen LogP contribution is 2.32. The number of carboxylic acid groups (broad SMARTS) is 2. The Hall–Kier alpha value is -2.00. The molecule has 0 saturated carbocycles. The summed E-state index contributed by atoms with van der Waals surface area (Å²) in [6, 6.07) is 0. The highest BCUT2D eigenvalue weighted by Gasteiger charge is 2.27. The molecule has 0 aromatic carbocycles. The number of unbranched alkanes of at least 4 members (excludes halogenated alkanes) is 1. The maximum absolute atomic E-state index is 9.10. The van der Waals surface area contributed by atoms with Crippen LogP contribution in [0.2, 0.25) is 0 Å². The van der Waals surface area contributed by atoms with Crippen LogP contribution < -0.4 is 4.74 Å². The second-order valence-electron chi connectivity index (χ2n) is 6.06. The Labute approximate surface area is 150 Å². The van der Waals surface area contributed by atoms with Crippen LogP contribution in [0.1, 0.15) is 38.3 Å². The van der Waals surface area contributed by atoms with Gasteiger partial charge < -0.3 is 14.9 Å². The monoisotopic (exact) mass is 369 g/mol. The molecule has 0 spiro atoms. The van der Waals surface area contributed by atoms with Crippen LogP contribution in [0.3, 0.4) is 0 Å². The lowest BCUT2D eigenvalue weighted by molar-refractivity contribution is -0.159. The van der Waals surface area contributed by atoms with Gasteiger partial charge in [-0.1, -0.05) is 19.4 Å². The van der Waals surface area contributed by atoms with Crippen LogP contribution in [0.4, 0.5) is 0 Å². The standard InChI is InChI=1S/C14H21N3OS.C2H2O4/c1-2-3-7-18-14-13(15-19-16-14)12-8-11-5-4-6-17(9-11)10-12;3-1(4)2(5)6/h8,11H,2-7,9-10H2,1H3;(H,3,4)(H,5,6). The average molecular weight is 369 g/mol. The number of carbonyl (C=O) groups is 2. The Morgan fingerprint density at radius 2 is 2.12 bits per heavy atom. The van der Waals surface area contributed by atoms with Crippen LogP contribution in [0, 0.1) is 5.92 Å². The summed E-state index contributed by atoms with van der Waals surface area (Å²) in [5.41, 5.74) is 2.30. The number of aromatic nitrogens is 2. The minimum absolute atomic E-state index is 0.697. The van der Waals surface area contributed by atoms with Gasteiger partial charge >= 0.3 is 11.9 Å². The van der Waals surface area contributed by atoms with Crippen molar-refractivity contribution in [2.45, 2.75) is 32.6 Å². The van der Waals surface area contributed by atoms with Gasteiger partial charge in [0.05, 0.1) is 18.3 Å². The summed E-state index contributed by atoms with van der Waals surface area (Å²) in [7, 11) is 0. The normalized spacial score (nSPS) is 21.6. The van der Waals surface area contributed by atoms with E-state index < -0.39 is 11.9 Å². The van der Waals surface area contributed by atoms with Crippen molar-refractivity contribution >= 4 is 29.2 Å². The number of carboxylic acids is 2. The van der Waals surface area contributed by atoms with Crippen LogP contribution >= 0.6 is 11.7 Å². The molecule has 3 rings (SSSR count). The van der Waals surface area contributed by atoms with Crippen molar-refractivity contribution in [3.05, 3.63) is 11.8 Å². The van der Waals surface area contributed by atoms with E-state index in [1.165, 1.54) is 43.2 Å². The second-order valence-corrected chi connectivity index (χ2v) is 6.59. The molecule has 1 aromatic rings. The Morgan fingerprint density at radius 1 is 1.36 bits per heavy atom. The lowest BCUT2D eigenvalue weighted by atomic mass is 9.90. The van der Waals surface area contributed by atoms with E-state index in [2.05, 4.69) is 26.6 Å². The van der Waals surface area contributed by atoms with E-state index in [4.69, 9.17) is 24.5 Å². The van der Waals surface area contributed by atoms with Gasteiger partial charge in [0.15, 0.2) is 0 Å². The van der Waals surface area contributed by atoms with Crippen molar-refractivity contribution in [3.8, 4) is 5.88 Å². The molecule has 25 heavy (non-hydrogen) atoms. The molecule has 0 radical (unpaired) electrons. The van der Waals surface area contributed by atoms with Gasteiger partial charge in [-0.15, -0.1) is 4.37 Å². The molecule has 1 saturated heterocycles. The van der Waals surface area contributed by atoms with Gasteiger partial charge in [-0.05, 0) is 37.3 Å². The van der Waals surface area contributed by atoms with E-state index in [0.717, 1.165) is 37.6 Å². The lowest BCUT2D eigenvalue weighted by Gasteiger charge is -2.36. The van der Waals surface area contributed by atoms with E-state index >= 15 is 0 Å². The van der Waals surface area contributed by atoms with E-state index in [1.807, 2.05) is 0 Å². The van der Waals surface area contributed by atoms with Crippen molar-refractivity contribution in [3.63, 3.8) is 0 Å². The summed E-state index contributed by atoms with van der Waals surface area (Å²) < 4.78 is 14.5. The largest absolute Gasteiger partial charge is 0.475 e. The molecular formula is C16H23N3O5S. The molecule has 2 aliphatic rings. The number of hydrogen-bond acceptors (Lipinski definition) is 7. The second kappa shape index (κ2) is 9.47. The fourth-order valence-corrected chi connectivity index (χ4v) is 3.42. The van der Waals surface area contributed by atoms with E-state index in [-0.39, 0.29) is 0 Å². The molecule has 1 fully saturated rings. The van der Waals surface area contributed by atoms with Crippen LogP contribution in [0.25, 0.3) is 5.57 Å². The molecule has 2 aliphatic heterocycles. The minimum atomic E-state index is -1.82. The third kappa shape index (κ3) is 5.79. The molecule has 2 unspecified atom stereocenters. The van der Waals surface area contributed by atoms with Gasteiger partial charge in [0.2, 0.25) is 0 Å². The number of hydrogen-bond donors (Lipinski definition) is 2. The summed E-state index contributed by atoms with van der Waals surface area (Å²) in [6.07, 6.45) is 7.25. The topological polar surface area (TPSA) is 113 Å². The number of rotatable bonds is 5. The first kappa shape index (κ1) is 19.3. The molecule has 3 heterocycles. The average Bonchev–Trinajstić information content (AvgIpc) is 3.04. The fourth-order valence-electron chi connectivity index (χ4n) is 2.89. The maximum Gasteiger partial charge on any atom is 0.414 e. The number of piperidine rings is 1. The first-order valence-corrected chi connectivity index (χ1v) is 9.09. The molecule has 0 amide bonds. The third-order valence-electron chi connectivity index (χ3n) is 4.06. The molecule has 2 bridgehead atoms. The Morgan fingerprint density at radius 3 is 2.76 bits per heavy atom. The van der Waals surface area contributed by atoms with Crippen LogP contribution in [-0.4, -0.2) is 62.0 Å². The minimum Gasteiger partial charge on any atom is -0.475 e. The van der Waals surface area contributed by atoms with Crippen molar-refractivity contribution in [2.75, 3.05) is 26.2 Å². The molecular weight excluding hydrogens is 346 g/mol. The SMILES string of the molecule is CCCCOc1nsnc1C1=CC2CCCN(C1)C2.O=C(O)C(=O)O. The highest BCUT2D eigenvalue weighted by atomic mass is 32.1. The summed E-state index contributed by atoms with van der Waals surface area (Å²) in [6.45, 7) is 6.35. The number of aliphatic carboxylic acids is 2. The summed E-state index contributed by atoms with van der Waals surface area (Å²) in [5, 5.41) is 14.8. The summed E-state index contributed by atoms with van der Waals surface area (Å²) in [4.78, 5) is 20.7. The Bertz CT molecular complexity index is 619. The quantitative estimate of drug-likeness (QED) is 0.598. The van der Waals surface area contributed by atoms with Crippen molar-refractivity contribution in [1.29, 1.82) is 0 Å². The smallest absolute Gasteiger partial charge is 0.414 e. The molecule has 2 atom stereocenters. The van der Waals surface area contributed by atoms with Crippen molar-refractivity contribution in [2.24, 2.45) is 5.92 Å². The van der Waals surface area contributed by atoms with Crippen molar-refractivity contribution in [1.82, 2.24) is 13.6 Å². The number of nitrogens with zero attached hydrogens (tertiary/aromatic N) is 3. The maximum atomic E-state index is 9.10. The van der Waals surface area contributed by atoms with Gasteiger partial charge in [0, 0.05) is 13.1 Å². The molecule has 138 valence electrons. The molecule has 0 aliphatic carbocycles. The number of ether oxygens (including phenoxy) is 1. The first-order valence-electron chi connectivity index (χ1n) is 8.36. The Balaban J connectivity index is 0.000000326. The fraction of sp³-hybridized carbons (Fsp3) is 0.625. The lowest BCUT2D eigenvalue weighted by Crippen LogP contribution is -2.39. The van der Waals surface area contributed by atoms with Crippen LogP contribution in [0.15, 0.2) is 6.08 Å². The van der Waals surface area contributed by atoms with Gasteiger partial charge in [-0.3, -0.25) is 4.90 Å². The first-order chi connectivity index (χ1) is 12.0. The molecule has 8 nitrogen and oxygen atoms in total. The molecule has 1 aromatic heterocycles. The predicted octanol–water partition coefficient (Wildman–Crippen LogP) is 1.98. The van der Waals surface area contributed by atoms with E-state index in [0.29, 0.717) is 5.92 Å². The third-order valence-corrected chi connectivity index (χ3v) is 4.57. The summed E-state index contributed by atoms with van der Waals surface area (Å²) >= 11 is 1.26. The number of fused-ring (bicyclic) bond motifs is 2. The molecule has 9 heteroatoms. The van der Waals surface area contributed by atoms with Gasteiger partial charge in [-0.2, -0.15) is 4.37 Å². The van der Waals surface area contributed by atoms with E-state index in [1.54, 1.807) is 0 Å².